The Balaban J connectivity index is 2.56. The van der Waals surface area contributed by atoms with Crippen molar-refractivity contribution < 1.29 is 22.7 Å². The van der Waals surface area contributed by atoms with Crippen LogP contribution in [0.15, 0.2) is 24.3 Å². The Morgan fingerprint density at radius 2 is 1.86 bits per heavy atom. The van der Waals surface area contributed by atoms with Crippen LogP contribution < -0.4 is 10.0 Å². The molecule has 0 atom stereocenters. The van der Waals surface area contributed by atoms with Crippen LogP contribution in [0.25, 0.3) is 0 Å². The first kappa shape index (κ1) is 17.0. The van der Waals surface area contributed by atoms with Crippen molar-refractivity contribution >= 4 is 33.3 Å². The molecule has 8 heteroatoms. The fraction of sp³-hybridized carbons (Fsp3) is 0.385. The Bertz CT molecular complexity index is 613. The smallest absolute Gasteiger partial charge is 0.306 e. The van der Waals surface area contributed by atoms with Gasteiger partial charge in [-0.1, -0.05) is 6.07 Å². The van der Waals surface area contributed by atoms with Gasteiger partial charge in [0.1, 0.15) is 0 Å². The summed E-state index contributed by atoms with van der Waals surface area (Å²) in [5.74, 6) is -0.778. The first-order valence-electron chi connectivity index (χ1n) is 6.33. The largest absolute Gasteiger partial charge is 0.466 e. The summed E-state index contributed by atoms with van der Waals surface area (Å²) in [7, 11) is -3.37. The van der Waals surface area contributed by atoms with Crippen LogP contribution in [0, 0.1) is 0 Å². The molecule has 1 aromatic rings. The summed E-state index contributed by atoms with van der Waals surface area (Å²) in [6.45, 7) is 1.97. The maximum absolute atomic E-state index is 11.7. The van der Waals surface area contributed by atoms with Crippen molar-refractivity contribution in [3.8, 4) is 0 Å². The van der Waals surface area contributed by atoms with E-state index >= 15 is 0 Å². The molecule has 21 heavy (non-hydrogen) atoms. The molecule has 0 heterocycles. The van der Waals surface area contributed by atoms with Gasteiger partial charge in [0.05, 0.1) is 25.0 Å². The predicted molar refractivity (Wildman–Crippen MR) is 79.4 cm³/mol. The number of hydrogen-bond acceptors (Lipinski definition) is 5. The van der Waals surface area contributed by atoms with Crippen LogP contribution in [0.2, 0.25) is 0 Å². The minimum absolute atomic E-state index is 0.000946. The zero-order valence-corrected chi connectivity index (χ0v) is 12.7. The lowest BCUT2D eigenvalue weighted by atomic mass is 10.2. The summed E-state index contributed by atoms with van der Waals surface area (Å²) in [5, 5.41) is 2.58. The van der Waals surface area contributed by atoms with Crippen LogP contribution >= 0.6 is 0 Å². The number of anilines is 2. The predicted octanol–water partition coefficient (Wildman–Crippen LogP) is 1.34. The van der Waals surface area contributed by atoms with Gasteiger partial charge in [0.25, 0.3) is 0 Å². The van der Waals surface area contributed by atoms with E-state index in [-0.39, 0.29) is 25.4 Å². The number of hydrogen-bond donors (Lipinski definition) is 2. The van der Waals surface area contributed by atoms with Crippen LogP contribution in [-0.4, -0.2) is 33.2 Å². The average molecular weight is 314 g/mol. The molecular formula is C13H18N2O5S. The zero-order chi connectivity index (χ0) is 15.9. The summed E-state index contributed by atoms with van der Waals surface area (Å²) in [6, 6.07) is 6.28. The van der Waals surface area contributed by atoms with Gasteiger partial charge in [-0.2, -0.15) is 0 Å². The van der Waals surface area contributed by atoms with E-state index in [2.05, 4.69) is 10.0 Å². The maximum Gasteiger partial charge on any atom is 0.306 e. The molecule has 2 N–H and O–H groups in total. The highest BCUT2D eigenvalue weighted by Gasteiger charge is 2.08. The number of amides is 1. The highest BCUT2D eigenvalue weighted by molar-refractivity contribution is 7.92. The van der Waals surface area contributed by atoms with Crippen molar-refractivity contribution in [2.24, 2.45) is 0 Å². The van der Waals surface area contributed by atoms with Gasteiger partial charge in [-0.05, 0) is 25.1 Å². The lowest BCUT2D eigenvalue weighted by molar-refractivity contribution is -0.144. The second-order valence-corrected chi connectivity index (χ2v) is 6.06. The van der Waals surface area contributed by atoms with Gasteiger partial charge in [-0.25, -0.2) is 8.42 Å². The number of carbonyl (C=O) groups excluding carboxylic acids is 2. The van der Waals surface area contributed by atoms with E-state index in [1.165, 1.54) is 6.07 Å². The third-order valence-electron chi connectivity index (χ3n) is 2.31. The van der Waals surface area contributed by atoms with Crippen LogP contribution in [0.4, 0.5) is 11.4 Å². The summed E-state index contributed by atoms with van der Waals surface area (Å²) >= 11 is 0. The first-order valence-corrected chi connectivity index (χ1v) is 8.22. The minimum Gasteiger partial charge on any atom is -0.466 e. The molecular weight excluding hydrogens is 296 g/mol. The van der Waals surface area contributed by atoms with Gasteiger partial charge in [0, 0.05) is 12.1 Å². The van der Waals surface area contributed by atoms with Gasteiger partial charge in [-0.3, -0.25) is 14.3 Å². The second-order valence-electron chi connectivity index (χ2n) is 4.31. The molecule has 1 amide bonds. The zero-order valence-electron chi connectivity index (χ0n) is 11.9. The molecule has 7 nitrogen and oxygen atoms in total. The van der Waals surface area contributed by atoms with Crippen molar-refractivity contribution in [1.82, 2.24) is 0 Å². The molecule has 0 aliphatic carbocycles. The van der Waals surface area contributed by atoms with E-state index < -0.39 is 16.0 Å². The topological polar surface area (TPSA) is 102 Å². The van der Waals surface area contributed by atoms with Gasteiger partial charge >= 0.3 is 5.97 Å². The molecule has 0 aromatic heterocycles. The quantitative estimate of drug-likeness (QED) is 0.740. The monoisotopic (exact) mass is 314 g/mol. The molecule has 0 spiro atoms. The molecule has 0 bridgehead atoms. The van der Waals surface area contributed by atoms with Crippen LogP contribution in [0.1, 0.15) is 19.8 Å². The third-order valence-corrected chi connectivity index (χ3v) is 2.92. The summed E-state index contributed by atoms with van der Waals surface area (Å²) in [6.07, 6.45) is 1.04. The fourth-order valence-corrected chi connectivity index (χ4v) is 2.10. The van der Waals surface area contributed by atoms with Gasteiger partial charge in [-0.15, -0.1) is 0 Å². The minimum atomic E-state index is -3.37. The molecule has 1 rings (SSSR count). The number of sulfonamides is 1. The lowest BCUT2D eigenvalue weighted by Gasteiger charge is -2.08. The van der Waals surface area contributed by atoms with Crippen molar-refractivity contribution in [1.29, 1.82) is 0 Å². The summed E-state index contributed by atoms with van der Waals surface area (Å²) in [5.41, 5.74) is 0.790. The third kappa shape index (κ3) is 7.31. The van der Waals surface area contributed by atoms with E-state index in [9.17, 15) is 18.0 Å². The Morgan fingerprint density at radius 1 is 1.19 bits per heavy atom. The van der Waals surface area contributed by atoms with Crippen molar-refractivity contribution in [2.75, 3.05) is 22.9 Å². The van der Waals surface area contributed by atoms with E-state index in [1.54, 1.807) is 25.1 Å². The summed E-state index contributed by atoms with van der Waals surface area (Å²) in [4.78, 5) is 22.8. The van der Waals surface area contributed by atoms with E-state index in [4.69, 9.17) is 4.74 Å². The van der Waals surface area contributed by atoms with Crippen LogP contribution in [0.5, 0.6) is 0 Å². The van der Waals surface area contributed by atoms with Crippen LogP contribution in [0.3, 0.4) is 0 Å². The number of ether oxygens (including phenoxy) is 1. The standard InChI is InChI=1S/C13H18N2O5S/c1-3-20-13(17)8-7-12(16)14-10-5-4-6-11(9-10)15-21(2,18)19/h4-6,9,15H,3,7-8H2,1-2H3,(H,14,16). The van der Waals surface area contributed by atoms with Crippen molar-refractivity contribution in [3.63, 3.8) is 0 Å². The molecule has 0 radical (unpaired) electrons. The molecule has 0 unspecified atom stereocenters. The lowest BCUT2D eigenvalue weighted by Crippen LogP contribution is -2.15. The van der Waals surface area contributed by atoms with Gasteiger partial charge < -0.3 is 10.1 Å². The van der Waals surface area contributed by atoms with Gasteiger partial charge in [0.2, 0.25) is 15.9 Å². The Hall–Kier alpha value is -2.09. The molecule has 0 fully saturated rings. The number of carbonyl (C=O) groups is 2. The van der Waals surface area contributed by atoms with E-state index in [1.807, 2.05) is 0 Å². The highest BCUT2D eigenvalue weighted by atomic mass is 32.2. The molecule has 0 saturated heterocycles. The number of rotatable bonds is 7. The molecule has 116 valence electrons. The number of nitrogens with one attached hydrogen (secondary N) is 2. The van der Waals surface area contributed by atoms with Crippen molar-refractivity contribution in [2.45, 2.75) is 19.8 Å². The average Bonchev–Trinajstić information content (AvgIpc) is 2.35. The molecule has 0 aliphatic rings. The molecule has 1 aromatic carbocycles. The second kappa shape index (κ2) is 7.63. The Labute approximate surface area is 123 Å². The van der Waals surface area contributed by atoms with E-state index in [0.29, 0.717) is 11.4 Å². The maximum atomic E-state index is 11.7. The SMILES string of the molecule is CCOC(=O)CCC(=O)Nc1cccc(NS(C)(=O)=O)c1. The molecule has 0 aliphatic heterocycles. The Kier molecular flexibility index (Phi) is 6.16. The number of esters is 1. The van der Waals surface area contributed by atoms with Crippen molar-refractivity contribution in [3.05, 3.63) is 24.3 Å². The number of benzene rings is 1. The molecule has 0 saturated carbocycles. The van der Waals surface area contributed by atoms with Crippen LogP contribution in [-0.2, 0) is 24.3 Å². The van der Waals surface area contributed by atoms with E-state index in [0.717, 1.165) is 6.26 Å². The normalized spacial score (nSPS) is 10.8. The Morgan fingerprint density at radius 3 is 2.48 bits per heavy atom. The van der Waals surface area contributed by atoms with Gasteiger partial charge in [0.15, 0.2) is 0 Å². The fourth-order valence-electron chi connectivity index (χ4n) is 1.55. The highest BCUT2D eigenvalue weighted by Crippen LogP contribution is 2.16. The summed E-state index contributed by atoms with van der Waals surface area (Å²) < 4.78 is 29.3. The first-order chi connectivity index (χ1) is 9.80.